The van der Waals surface area contributed by atoms with E-state index < -0.39 is 17.4 Å². The third-order valence-corrected chi connectivity index (χ3v) is 5.87. The molecule has 0 aliphatic rings. The van der Waals surface area contributed by atoms with Gasteiger partial charge in [-0.1, -0.05) is 61.5 Å². The SMILES string of the molecule is CC(C)C(C)(C)c1ccc(C(=O)O)c(C(=O)O)c1C(C)(C)C(C)C. The molecule has 0 fully saturated rings. The van der Waals surface area contributed by atoms with E-state index in [4.69, 9.17) is 0 Å². The predicted octanol–water partition coefficient (Wildman–Crippen LogP) is 4.95. The average molecular weight is 334 g/mol. The molecule has 1 aromatic carbocycles. The number of aromatic carboxylic acids is 2. The average Bonchev–Trinajstić information content (AvgIpc) is 2.44. The highest BCUT2D eigenvalue weighted by atomic mass is 16.4. The van der Waals surface area contributed by atoms with Crippen LogP contribution in [0, 0.1) is 11.8 Å². The first-order valence-corrected chi connectivity index (χ1v) is 8.40. The van der Waals surface area contributed by atoms with E-state index >= 15 is 0 Å². The van der Waals surface area contributed by atoms with Crippen molar-refractivity contribution >= 4 is 11.9 Å². The molecule has 0 heterocycles. The number of hydrogen-bond donors (Lipinski definition) is 2. The Morgan fingerprint density at radius 3 is 1.62 bits per heavy atom. The number of hydrogen-bond acceptors (Lipinski definition) is 2. The molecule has 0 aliphatic heterocycles. The molecular formula is C20H30O4. The molecule has 0 spiro atoms. The first-order chi connectivity index (χ1) is 10.8. The van der Waals surface area contributed by atoms with E-state index in [-0.39, 0.29) is 28.4 Å². The summed E-state index contributed by atoms with van der Waals surface area (Å²) in [6, 6.07) is 3.24. The lowest BCUT2D eigenvalue weighted by molar-refractivity contribution is 0.0648. The Bertz CT molecular complexity index is 652. The zero-order valence-electron chi connectivity index (χ0n) is 16.0. The van der Waals surface area contributed by atoms with Crippen molar-refractivity contribution < 1.29 is 19.8 Å². The van der Waals surface area contributed by atoms with Crippen molar-refractivity contribution in [1.29, 1.82) is 0 Å². The molecule has 0 aliphatic carbocycles. The first-order valence-electron chi connectivity index (χ1n) is 8.40. The standard InChI is InChI=1S/C20H30O4/c1-11(2)19(5,6)14-10-9-13(17(21)22)15(18(23)24)16(14)20(7,8)12(3)4/h9-12H,1-8H3,(H,21,22)(H,23,24). The van der Waals surface area contributed by atoms with Gasteiger partial charge in [0.25, 0.3) is 0 Å². The molecule has 1 rings (SSSR count). The maximum absolute atomic E-state index is 12.0. The fraction of sp³-hybridized carbons (Fsp3) is 0.600. The first kappa shape index (κ1) is 20.2. The Kier molecular flexibility index (Phi) is 5.54. The van der Waals surface area contributed by atoms with Gasteiger partial charge in [0, 0.05) is 0 Å². The zero-order chi connectivity index (χ0) is 19.0. The lowest BCUT2D eigenvalue weighted by Crippen LogP contribution is -2.35. The number of benzene rings is 1. The van der Waals surface area contributed by atoms with Crippen LogP contribution in [0.1, 0.15) is 87.2 Å². The third kappa shape index (κ3) is 3.33. The molecule has 4 nitrogen and oxygen atoms in total. The Morgan fingerprint density at radius 1 is 0.833 bits per heavy atom. The van der Waals surface area contributed by atoms with Gasteiger partial charge in [-0.2, -0.15) is 0 Å². The smallest absolute Gasteiger partial charge is 0.336 e. The summed E-state index contributed by atoms with van der Waals surface area (Å²) < 4.78 is 0. The molecule has 134 valence electrons. The van der Waals surface area contributed by atoms with Crippen LogP contribution >= 0.6 is 0 Å². The van der Waals surface area contributed by atoms with Crippen molar-refractivity contribution in [2.45, 2.75) is 66.2 Å². The van der Waals surface area contributed by atoms with Gasteiger partial charge in [-0.3, -0.25) is 0 Å². The van der Waals surface area contributed by atoms with E-state index in [0.29, 0.717) is 5.56 Å². The van der Waals surface area contributed by atoms with Crippen LogP contribution < -0.4 is 0 Å². The van der Waals surface area contributed by atoms with Crippen LogP contribution in [0.25, 0.3) is 0 Å². The topological polar surface area (TPSA) is 74.6 Å². The van der Waals surface area contributed by atoms with Gasteiger partial charge in [0.1, 0.15) is 0 Å². The van der Waals surface area contributed by atoms with Crippen LogP contribution in [0.5, 0.6) is 0 Å². The number of carboxylic acids is 2. The summed E-state index contributed by atoms with van der Waals surface area (Å²) >= 11 is 0. The fourth-order valence-corrected chi connectivity index (χ4v) is 2.81. The van der Waals surface area contributed by atoms with E-state index in [0.717, 1.165) is 5.56 Å². The minimum Gasteiger partial charge on any atom is -0.478 e. The number of carbonyl (C=O) groups is 2. The molecule has 2 N–H and O–H groups in total. The van der Waals surface area contributed by atoms with E-state index in [1.165, 1.54) is 6.07 Å². The maximum Gasteiger partial charge on any atom is 0.336 e. The van der Waals surface area contributed by atoms with Gasteiger partial charge in [0.2, 0.25) is 0 Å². The van der Waals surface area contributed by atoms with E-state index in [2.05, 4.69) is 27.7 Å². The van der Waals surface area contributed by atoms with Crippen molar-refractivity contribution in [2.24, 2.45) is 11.8 Å². The lowest BCUT2D eigenvalue weighted by Gasteiger charge is -2.40. The normalized spacial score (nSPS) is 12.8. The van der Waals surface area contributed by atoms with Gasteiger partial charge in [-0.05, 0) is 39.9 Å². The molecule has 1 aromatic rings. The molecular weight excluding hydrogens is 304 g/mol. The van der Waals surface area contributed by atoms with Crippen LogP contribution in [-0.2, 0) is 10.8 Å². The molecule has 24 heavy (non-hydrogen) atoms. The summed E-state index contributed by atoms with van der Waals surface area (Å²) in [5, 5.41) is 19.3. The number of carboxylic acid groups (broad SMARTS) is 2. The van der Waals surface area contributed by atoms with Crippen molar-refractivity contribution in [1.82, 2.24) is 0 Å². The highest BCUT2D eigenvalue weighted by molar-refractivity contribution is 6.03. The molecule has 0 bridgehead atoms. The Morgan fingerprint density at radius 2 is 1.29 bits per heavy atom. The number of rotatable bonds is 6. The van der Waals surface area contributed by atoms with E-state index in [9.17, 15) is 19.8 Å². The maximum atomic E-state index is 12.0. The minimum absolute atomic E-state index is 0.0765. The molecule has 0 atom stereocenters. The Balaban J connectivity index is 4.04. The van der Waals surface area contributed by atoms with Gasteiger partial charge < -0.3 is 10.2 Å². The van der Waals surface area contributed by atoms with Gasteiger partial charge in [-0.25, -0.2) is 9.59 Å². The van der Waals surface area contributed by atoms with Gasteiger partial charge in [-0.15, -0.1) is 0 Å². The van der Waals surface area contributed by atoms with Crippen molar-refractivity contribution in [3.05, 3.63) is 34.4 Å². The molecule has 0 amide bonds. The second kappa shape index (κ2) is 6.58. The summed E-state index contributed by atoms with van der Waals surface area (Å²) in [5.74, 6) is -1.96. The van der Waals surface area contributed by atoms with Crippen molar-refractivity contribution in [3.8, 4) is 0 Å². The molecule has 0 unspecified atom stereocenters. The van der Waals surface area contributed by atoms with Crippen LogP contribution in [0.15, 0.2) is 12.1 Å². The Hall–Kier alpha value is -1.84. The summed E-state index contributed by atoms with van der Waals surface area (Å²) in [7, 11) is 0. The van der Waals surface area contributed by atoms with Gasteiger partial charge in [0.15, 0.2) is 0 Å². The second-order valence-electron chi connectivity index (χ2n) is 8.27. The summed E-state index contributed by atoms with van der Waals surface area (Å²) in [5.41, 5.74) is 0.591. The molecule has 0 saturated carbocycles. The van der Waals surface area contributed by atoms with Gasteiger partial charge >= 0.3 is 11.9 Å². The molecule has 0 radical (unpaired) electrons. The zero-order valence-corrected chi connectivity index (χ0v) is 16.0. The van der Waals surface area contributed by atoms with Crippen molar-refractivity contribution in [2.75, 3.05) is 0 Å². The highest BCUT2D eigenvalue weighted by Crippen LogP contribution is 2.44. The van der Waals surface area contributed by atoms with Gasteiger partial charge in [0.05, 0.1) is 11.1 Å². The van der Waals surface area contributed by atoms with E-state index in [1.807, 2.05) is 27.7 Å². The molecule has 0 saturated heterocycles. The Labute approximate surface area is 144 Å². The quantitative estimate of drug-likeness (QED) is 0.772. The summed E-state index contributed by atoms with van der Waals surface area (Å²) in [6.07, 6.45) is 0. The van der Waals surface area contributed by atoms with Crippen LogP contribution in [0.4, 0.5) is 0 Å². The van der Waals surface area contributed by atoms with Crippen LogP contribution in [0.2, 0.25) is 0 Å². The fourth-order valence-electron chi connectivity index (χ4n) is 2.81. The minimum atomic E-state index is -1.21. The lowest BCUT2D eigenvalue weighted by atomic mass is 9.64. The monoisotopic (exact) mass is 334 g/mol. The predicted molar refractivity (Wildman–Crippen MR) is 96.1 cm³/mol. The largest absolute Gasteiger partial charge is 0.478 e. The van der Waals surface area contributed by atoms with Crippen LogP contribution in [0.3, 0.4) is 0 Å². The van der Waals surface area contributed by atoms with Crippen molar-refractivity contribution in [3.63, 3.8) is 0 Å². The molecule has 0 aromatic heterocycles. The third-order valence-electron chi connectivity index (χ3n) is 5.87. The van der Waals surface area contributed by atoms with Crippen LogP contribution in [-0.4, -0.2) is 22.2 Å². The second-order valence-corrected chi connectivity index (χ2v) is 8.27. The van der Waals surface area contributed by atoms with E-state index in [1.54, 1.807) is 6.07 Å². The molecule has 4 heteroatoms. The summed E-state index contributed by atoms with van der Waals surface area (Å²) in [6.45, 7) is 16.4. The summed E-state index contributed by atoms with van der Waals surface area (Å²) in [4.78, 5) is 23.6. The highest BCUT2D eigenvalue weighted by Gasteiger charge is 2.39.